The highest BCUT2D eigenvalue weighted by Gasteiger charge is 2.37. The summed E-state index contributed by atoms with van der Waals surface area (Å²) < 4.78 is 19.1. The van der Waals surface area contributed by atoms with Crippen LogP contribution in [0.25, 0.3) is 11.6 Å². The fourth-order valence-electron chi connectivity index (χ4n) is 3.39. The lowest BCUT2D eigenvalue weighted by atomic mass is 10.0. The van der Waals surface area contributed by atoms with Crippen LogP contribution in [0.2, 0.25) is 0 Å². The van der Waals surface area contributed by atoms with Crippen molar-refractivity contribution in [3.8, 4) is 5.75 Å². The van der Waals surface area contributed by atoms with E-state index in [0.717, 1.165) is 33.1 Å². The summed E-state index contributed by atoms with van der Waals surface area (Å²) in [5, 5.41) is 1.90. The topological polar surface area (TPSA) is 26.3 Å². The Morgan fingerprint density at radius 1 is 0.880 bits per heavy atom. The van der Waals surface area contributed by atoms with Crippen LogP contribution >= 0.6 is 7.14 Å². The van der Waals surface area contributed by atoms with Gasteiger partial charge in [0.15, 0.2) is 0 Å². The molecule has 0 bridgehead atoms. The second-order valence-corrected chi connectivity index (χ2v) is 8.99. The van der Waals surface area contributed by atoms with E-state index >= 15 is 0 Å². The van der Waals surface area contributed by atoms with Gasteiger partial charge in [0.2, 0.25) is 0 Å². The van der Waals surface area contributed by atoms with Gasteiger partial charge in [-0.1, -0.05) is 72.8 Å². The van der Waals surface area contributed by atoms with Gasteiger partial charge in [-0.2, -0.15) is 0 Å². The number of rotatable bonds is 3. The zero-order valence-corrected chi connectivity index (χ0v) is 14.9. The van der Waals surface area contributed by atoms with Crippen LogP contribution in [0.4, 0.5) is 0 Å². The lowest BCUT2D eigenvalue weighted by molar-refractivity contribution is 0.415. The molecule has 0 saturated heterocycles. The van der Waals surface area contributed by atoms with Gasteiger partial charge in [-0.3, -0.25) is 0 Å². The summed E-state index contributed by atoms with van der Waals surface area (Å²) in [5.41, 5.74) is 3.32. The van der Waals surface area contributed by atoms with Crippen LogP contribution in [0.15, 0.2) is 78.9 Å². The average Bonchev–Trinajstić information content (AvgIpc) is 2.97. The maximum absolute atomic E-state index is 13.9. The Kier molecular flexibility index (Phi) is 4.07. The fraction of sp³-hybridized carbons (Fsp3) is 0.0909. The Morgan fingerprint density at radius 3 is 2.28 bits per heavy atom. The molecule has 0 aromatic heterocycles. The molecule has 3 aromatic carbocycles. The third kappa shape index (κ3) is 2.83. The number of allylic oxidation sites excluding steroid dienone is 1. The monoisotopic (exact) mass is 346 g/mol. The SMILES string of the molecule is COc1ccc(/C=C2\C[P@](=O)(c3ccccc3)c3ccccc32)cc1. The molecule has 2 nitrogen and oxygen atoms in total. The van der Waals surface area contributed by atoms with Gasteiger partial charge < -0.3 is 9.30 Å². The van der Waals surface area contributed by atoms with E-state index in [9.17, 15) is 4.57 Å². The molecule has 0 aliphatic carbocycles. The molecule has 0 saturated carbocycles. The van der Waals surface area contributed by atoms with Crippen molar-refractivity contribution in [2.75, 3.05) is 13.3 Å². The van der Waals surface area contributed by atoms with Crippen LogP contribution in [-0.2, 0) is 4.57 Å². The number of hydrogen-bond donors (Lipinski definition) is 0. The molecule has 0 fully saturated rings. The maximum atomic E-state index is 13.9. The number of methoxy groups -OCH3 is 1. The van der Waals surface area contributed by atoms with Crippen LogP contribution < -0.4 is 15.3 Å². The highest BCUT2D eigenvalue weighted by Crippen LogP contribution is 2.53. The van der Waals surface area contributed by atoms with Gasteiger partial charge in [0.1, 0.15) is 12.9 Å². The minimum Gasteiger partial charge on any atom is -0.497 e. The third-order valence-electron chi connectivity index (χ3n) is 4.66. The molecule has 1 heterocycles. The van der Waals surface area contributed by atoms with E-state index in [1.54, 1.807) is 7.11 Å². The minimum atomic E-state index is -2.61. The maximum Gasteiger partial charge on any atom is 0.148 e. The summed E-state index contributed by atoms with van der Waals surface area (Å²) in [7, 11) is -0.950. The third-order valence-corrected chi connectivity index (χ3v) is 7.75. The van der Waals surface area contributed by atoms with Crippen LogP contribution in [0.1, 0.15) is 11.1 Å². The Morgan fingerprint density at radius 2 is 1.56 bits per heavy atom. The first kappa shape index (κ1) is 15.9. The zero-order chi connectivity index (χ0) is 17.3. The summed E-state index contributed by atoms with van der Waals surface area (Å²) >= 11 is 0. The van der Waals surface area contributed by atoms with E-state index < -0.39 is 7.14 Å². The second kappa shape index (κ2) is 6.38. The lowest BCUT2D eigenvalue weighted by Crippen LogP contribution is -2.14. The fourth-order valence-corrected chi connectivity index (χ4v) is 6.35. The van der Waals surface area contributed by atoms with Crippen molar-refractivity contribution in [3.05, 3.63) is 90.0 Å². The number of fused-ring (bicyclic) bond motifs is 1. The van der Waals surface area contributed by atoms with Crippen LogP contribution in [-0.4, -0.2) is 13.3 Å². The van der Waals surface area contributed by atoms with E-state index in [4.69, 9.17) is 4.74 Å². The first-order valence-corrected chi connectivity index (χ1v) is 10.2. The largest absolute Gasteiger partial charge is 0.497 e. The first-order valence-electron chi connectivity index (χ1n) is 8.30. The lowest BCUT2D eigenvalue weighted by Gasteiger charge is -2.12. The van der Waals surface area contributed by atoms with Crippen molar-refractivity contribution in [1.82, 2.24) is 0 Å². The zero-order valence-electron chi connectivity index (χ0n) is 14.1. The number of ether oxygens (including phenoxy) is 1. The van der Waals surface area contributed by atoms with Gasteiger partial charge in [0, 0.05) is 16.8 Å². The molecule has 0 radical (unpaired) electrons. The van der Waals surface area contributed by atoms with E-state index in [1.807, 2.05) is 72.8 Å². The minimum absolute atomic E-state index is 0.572. The molecule has 1 aliphatic heterocycles. The van der Waals surface area contributed by atoms with Gasteiger partial charge in [-0.05, 0) is 28.8 Å². The Balaban J connectivity index is 1.81. The van der Waals surface area contributed by atoms with Crippen LogP contribution in [0.3, 0.4) is 0 Å². The first-order chi connectivity index (χ1) is 12.2. The summed E-state index contributed by atoms with van der Waals surface area (Å²) in [6.07, 6.45) is 2.71. The Hall–Kier alpha value is -2.57. The van der Waals surface area contributed by atoms with Crippen LogP contribution in [0.5, 0.6) is 5.75 Å². The molecule has 3 aromatic rings. The van der Waals surface area contributed by atoms with Crippen molar-refractivity contribution in [1.29, 1.82) is 0 Å². The molecular formula is C22H19O2P. The standard InChI is InChI=1S/C22H19O2P/c1-24-19-13-11-17(12-14-19)15-18-16-25(23,20-7-3-2-4-8-20)22-10-6-5-9-21(18)22/h2-15H,16H2,1H3/b18-15+/t25-/m0/s1. The molecule has 0 N–H and O–H groups in total. The highest BCUT2D eigenvalue weighted by atomic mass is 31.2. The van der Waals surface area contributed by atoms with E-state index in [1.165, 1.54) is 0 Å². The van der Waals surface area contributed by atoms with Gasteiger partial charge >= 0.3 is 0 Å². The van der Waals surface area contributed by atoms with Crippen molar-refractivity contribution in [2.24, 2.45) is 0 Å². The summed E-state index contributed by atoms with van der Waals surface area (Å²) in [6.45, 7) is 0. The second-order valence-electron chi connectivity index (χ2n) is 6.19. The highest BCUT2D eigenvalue weighted by molar-refractivity contribution is 7.79. The normalized spacial score (nSPS) is 20.4. The van der Waals surface area contributed by atoms with Crippen molar-refractivity contribution < 1.29 is 9.30 Å². The van der Waals surface area contributed by atoms with Crippen molar-refractivity contribution in [2.45, 2.75) is 0 Å². The van der Waals surface area contributed by atoms with E-state index in [2.05, 4.69) is 12.1 Å². The summed E-state index contributed by atoms with van der Waals surface area (Å²) in [4.78, 5) is 0. The molecule has 1 aliphatic rings. The average molecular weight is 346 g/mol. The summed E-state index contributed by atoms with van der Waals surface area (Å²) in [5.74, 6) is 0.837. The molecule has 0 unspecified atom stereocenters. The van der Waals surface area contributed by atoms with Gasteiger partial charge in [0.05, 0.1) is 7.11 Å². The van der Waals surface area contributed by atoms with E-state index in [0.29, 0.717) is 6.16 Å². The summed E-state index contributed by atoms with van der Waals surface area (Å²) in [6, 6.07) is 25.9. The van der Waals surface area contributed by atoms with Gasteiger partial charge in [0.25, 0.3) is 0 Å². The Labute approximate surface area is 148 Å². The van der Waals surface area contributed by atoms with Crippen molar-refractivity contribution in [3.63, 3.8) is 0 Å². The Bertz CT molecular complexity index is 972. The molecule has 25 heavy (non-hydrogen) atoms. The number of benzene rings is 3. The molecule has 1 atom stereocenters. The molecule has 124 valence electrons. The molecule has 4 rings (SSSR count). The van der Waals surface area contributed by atoms with Crippen molar-refractivity contribution >= 4 is 29.4 Å². The van der Waals surface area contributed by atoms with Gasteiger partial charge in [-0.15, -0.1) is 0 Å². The smallest absolute Gasteiger partial charge is 0.148 e. The van der Waals surface area contributed by atoms with Crippen LogP contribution in [0, 0.1) is 0 Å². The van der Waals surface area contributed by atoms with Gasteiger partial charge in [-0.25, -0.2) is 0 Å². The molecule has 3 heteroatoms. The predicted molar refractivity (Wildman–Crippen MR) is 105 cm³/mol. The molecule has 0 amide bonds. The van der Waals surface area contributed by atoms with E-state index in [-0.39, 0.29) is 0 Å². The molecular weight excluding hydrogens is 327 g/mol. The molecule has 0 spiro atoms. The predicted octanol–water partition coefficient (Wildman–Crippen LogP) is 4.56. The number of hydrogen-bond acceptors (Lipinski definition) is 2. The quantitative estimate of drug-likeness (QED) is 0.650.